The Labute approximate surface area is 251 Å². The third-order valence-electron chi connectivity index (χ3n) is 8.12. The van der Waals surface area contributed by atoms with Gasteiger partial charge in [-0.1, -0.05) is 72.8 Å². The molecule has 1 aromatic heterocycles. The molecule has 1 aliphatic heterocycles. The lowest BCUT2D eigenvalue weighted by Gasteiger charge is -2.34. The molecule has 8 heteroatoms. The van der Waals surface area contributed by atoms with Crippen LogP contribution in [0.25, 0.3) is 10.9 Å². The van der Waals surface area contributed by atoms with Gasteiger partial charge in [0.25, 0.3) is 10.0 Å². The minimum Gasteiger partial charge on any atom is -0.497 e. The normalized spacial score (nSPS) is 16.8. The number of carbonyl (C=O) groups excluding carboxylic acids is 1. The molecule has 0 bridgehead atoms. The number of para-hydroxylation sites is 2. The van der Waals surface area contributed by atoms with E-state index in [2.05, 4.69) is 27.3 Å². The molecule has 0 radical (unpaired) electrons. The van der Waals surface area contributed by atoms with Crippen LogP contribution >= 0.6 is 0 Å². The molecule has 6 rings (SSSR count). The summed E-state index contributed by atoms with van der Waals surface area (Å²) >= 11 is 0. The standard InChI is InChI=1S/C35H33N3O4S/c1-3-22-35(30-14-8-9-15-31(30)37-43(40,41)27-11-5-4-6-12-27)34(39)33-29(21-23-36-35)28-13-7-10-16-32(28)38(33)24-25-17-19-26(42-2)20-18-25/h3-20,36-37H,1,21-24H2,2H3. The second-order valence-corrected chi connectivity index (χ2v) is 12.3. The number of benzene rings is 4. The molecule has 0 spiro atoms. The van der Waals surface area contributed by atoms with Crippen LogP contribution in [0.4, 0.5) is 5.69 Å². The minimum atomic E-state index is -3.91. The first-order chi connectivity index (χ1) is 20.9. The van der Waals surface area contributed by atoms with Gasteiger partial charge in [0.1, 0.15) is 11.3 Å². The highest BCUT2D eigenvalue weighted by Gasteiger charge is 2.45. The summed E-state index contributed by atoms with van der Waals surface area (Å²) in [5.41, 5.74) is 3.24. The molecule has 0 fully saturated rings. The first-order valence-corrected chi connectivity index (χ1v) is 15.7. The van der Waals surface area contributed by atoms with Gasteiger partial charge in [-0.3, -0.25) is 9.52 Å². The fourth-order valence-corrected chi connectivity index (χ4v) is 7.21. The molecule has 4 aromatic carbocycles. The van der Waals surface area contributed by atoms with Crippen LogP contribution in [0.3, 0.4) is 0 Å². The number of aromatic nitrogens is 1. The van der Waals surface area contributed by atoms with Crippen molar-refractivity contribution in [2.75, 3.05) is 18.4 Å². The average Bonchev–Trinajstić information content (AvgIpc) is 3.25. The maximum Gasteiger partial charge on any atom is 0.261 e. The monoisotopic (exact) mass is 591 g/mol. The zero-order valence-electron chi connectivity index (χ0n) is 23.9. The molecule has 43 heavy (non-hydrogen) atoms. The number of nitrogens with zero attached hydrogens (tertiary/aromatic N) is 1. The maximum absolute atomic E-state index is 15.1. The third-order valence-corrected chi connectivity index (χ3v) is 9.50. The first-order valence-electron chi connectivity index (χ1n) is 14.2. The van der Waals surface area contributed by atoms with E-state index in [1.165, 1.54) is 0 Å². The lowest BCUT2D eigenvalue weighted by Crippen LogP contribution is -2.49. The molecule has 0 aliphatic carbocycles. The Bertz CT molecular complexity index is 1910. The van der Waals surface area contributed by atoms with Gasteiger partial charge in [-0.2, -0.15) is 0 Å². The van der Waals surface area contributed by atoms with Crippen molar-refractivity contribution in [1.82, 2.24) is 9.88 Å². The number of ether oxygens (including phenoxy) is 1. The first kappa shape index (κ1) is 28.5. The predicted molar refractivity (Wildman–Crippen MR) is 170 cm³/mol. The zero-order chi connectivity index (χ0) is 30.0. The molecular formula is C35H33N3O4S. The summed E-state index contributed by atoms with van der Waals surface area (Å²) in [6, 6.07) is 31.3. The van der Waals surface area contributed by atoms with Gasteiger partial charge in [-0.05, 0) is 60.4 Å². The average molecular weight is 592 g/mol. The van der Waals surface area contributed by atoms with Gasteiger partial charge in [0.2, 0.25) is 5.78 Å². The van der Waals surface area contributed by atoms with Crippen molar-refractivity contribution >= 4 is 32.4 Å². The fraction of sp³-hybridized carbons (Fsp3) is 0.171. The Hall–Kier alpha value is -4.66. The number of carbonyl (C=O) groups is 1. The van der Waals surface area contributed by atoms with Crippen LogP contribution in [0.15, 0.2) is 121 Å². The summed E-state index contributed by atoms with van der Waals surface area (Å²) in [7, 11) is -2.27. The van der Waals surface area contributed by atoms with Crippen molar-refractivity contribution < 1.29 is 17.9 Å². The van der Waals surface area contributed by atoms with Crippen molar-refractivity contribution in [3.8, 4) is 5.75 Å². The van der Waals surface area contributed by atoms with Crippen LogP contribution in [-0.2, 0) is 28.5 Å². The smallest absolute Gasteiger partial charge is 0.261 e. The summed E-state index contributed by atoms with van der Waals surface area (Å²) in [6.07, 6.45) is 2.61. The van der Waals surface area contributed by atoms with Crippen LogP contribution in [0, 0.1) is 0 Å². The van der Waals surface area contributed by atoms with E-state index in [-0.39, 0.29) is 17.1 Å². The van der Waals surface area contributed by atoms with Crippen LogP contribution < -0.4 is 14.8 Å². The van der Waals surface area contributed by atoms with E-state index in [1.54, 1.807) is 55.7 Å². The highest BCUT2D eigenvalue weighted by molar-refractivity contribution is 7.92. The Morgan fingerprint density at radius 2 is 1.65 bits per heavy atom. The molecule has 0 saturated carbocycles. The predicted octanol–water partition coefficient (Wildman–Crippen LogP) is 6.30. The second kappa shape index (κ2) is 11.6. The summed E-state index contributed by atoms with van der Waals surface area (Å²) in [4.78, 5) is 15.2. The topological polar surface area (TPSA) is 89.4 Å². The molecule has 1 aliphatic rings. The van der Waals surface area contributed by atoms with Crippen LogP contribution in [0.5, 0.6) is 5.75 Å². The van der Waals surface area contributed by atoms with Crippen molar-refractivity contribution in [2.45, 2.75) is 29.8 Å². The summed E-state index contributed by atoms with van der Waals surface area (Å²) in [6.45, 7) is 5.00. The molecule has 218 valence electrons. The fourth-order valence-electron chi connectivity index (χ4n) is 6.11. The Morgan fingerprint density at radius 1 is 0.953 bits per heavy atom. The molecular weight excluding hydrogens is 558 g/mol. The van der Waals surface area contributed by atoms with Gasteiger partial charge in [0.05, 0.1) is 23.4 Å². The quantitative estimate of drug-likeness (QED) is 0.197. The molecule has 0 saturated heterocycles. The molecule has 1 atom stereocenters. The molecule has 0 amide bonds. The van der Waals surface area contributed by atoms with Gasteiger partial charge >= 0.3 is 0 Å². The Morgan fingerprint density at radius 3 is 2.40 bits per heavy atom. The van der Waals surface area contributed by atoms with Gasteiger partial charge in [-0.15, -0.1) is 6.58 Å². The third kappa shape index (κ3) is 5.13. The van der Waals surface area contributed by atoms with E-state index < -0.39 is 15.6 Å². The van der Waals surface area contributed by atoms with Gasteiger partial charge < -0.3 is 14.6 Å². The zero-order valence-corrected chi connectivity index (χ0v) is 24.7. The highest BCUT2D eigenvalue weighted by atomic mass is 32.2. The molecule has 2 N–H and O–H groups in total. The van der Waals surface area contributed by atoms with E-state index in [9.17, 15) is 8.42 Å². The number of ketones is 1. The summed E-state index contributed by atoms with van der Waals surface area (Å²) < 4.78 is 37.0. The van der Waals surface area contributed by atoms with Gasteiger partial charge in [0.15, 0.2) is 0 Å². The van der Waals surface area contributed by atoms with Crippen LogP contribution in [0.2, 0.25) is 0 Å². The maximum atomic E-state index is 15.1. The van der Waals surface area contributed by atoms with Crippen molar-refractivity contribution in [2.24, 2.45) is 0 Å². The van der Waals surface area contributed by atoms with Crippen molar-refractivity contribution in [1.29, 1.82) is 0 Å². The van der Waals surface area contributed by atoms with E-state index in [1.807, 2.05) is 54.6 Å². The number of anilines is 1. The lowest BCUT2D eigenvalue weighted by atomic mass is 9.80. The second-order valence-electron chi connectivity index (χ2n) is 10.6. The number of sulfonamides is 1. The van der Waals surface area contributed by atoms with Crippen molar-refractivity contribution in [3.63, 3.8) is 0 Å². The van der Waals surface area contributed by atoms with E-state index in [0.717, 1.165) is 27.8 Å². The summed E-state index contributed by atoms with van der Waals surface area (Å²) in [5, 5.41) is 4.58. The SMILES string of the molecule is C=CCC1(c2ccccc2NS(=O)(=O)c2ccccc2)NCCc2c(n(Cc3ccc(OC)cc3)c3ccccc23)C1=O. The number of methoxy groups -OCH3 is 1. The largest absolute Gasteiger partial charge is 0.497 e. The number of fused-ring (bicyclic) bond motifs is 3. The minimum absolute atomic E-state index is 0.129. The lowest BCUT2D eigenvalue weighted by molar-refractivity contribution is 0.0846. The summed E-state index contributed by atoms with van der Waals surface area (Å²) in [5.74, 6) is 0.635. The van der Waals surface area contributed by atoms with Gasteiger partial charge in [0, 0.05) is 29.6 Å². The van der Waals surface area contributed by atoms with E-state index in [4.69, 9.17) is 4.74 Å². The number of hydrogen-bond donors (Lipinski definition) is 2. The Kier molecular flexibility index (Phi) is 7.64. The van der Waals surface area contributed by atoms with E-state index >= 15 is 4.79 Å². The van der Waals surface area contributed by atoms with Gasteiger partial charge in [-0.25, -0.2) is 8.42 Å². The molecule has 1 unspecified atom stereocenters. The van der Waals surface area contributed by atoms with Crippen molar-refractivity contribution in [3.05, 3.63) is 138 Å². The van der Waals surface area contributed by atoms with E-state index in [0.29, 0.717) is 36.5 Å². The van der Waals surface area contributed by atoms with Crippen LogP contribution in [-0.4, -0.2) is 32.4 Å². The molecule has 2 heterocycles. The number of Topliss-reactive ketones (excluding diaryl/α,β-unsaturated/α-hetero) is 1. The molecule has 7 nitrogen and oxygen atoms in total. The van der Waals surface area contributed by atoms with Crippen LogP contribution in [0.1, 0.15) is 33.6 Å². The Balaban J connectivity index is 1.51. The number of rotatable bonds is 9. The number of hydrogen-bond acceptors (Lipinski definition) is 5. The number of nitrogens with one attached hydrogen (secondary N) is 2. The highest BCUT2D eigenvalue weighted by Crippen LogP contribution is 2.40. The molecule has 5 aromatic rings.